The van der Waals surface area contributed by atoms with Crippen molar-refractivity contribution in [3.8, 4) is 0 Å². The maximum atomic E-state index is 12.5. The van der Waals surface area contributed by atoms with E-state index in [-0.39, 0.29) is 23.9 Å². The molecule has 1 saturated heterocycles. The van der Waals surface area contributed by atoms with E-state index >= 15 is 0 Å². The van der Waals surface area contributed by atoms with Crippen molar-refractivity contribution in [2.45, 2.75) is 20.3 Å². The molecule has 1 fully saturated rings. The Labute approximate surface area is 150 Å². The fourth-order valence-corrected chi connectivity index (χ4v) is 3.15. The van der Waals surface area contributed by atoms with Gasteiger partial charge in [-0.25, -0.2) is 0 Å². The van der Waals surface area contributed by atoms with Crippen molar-refractivity contribution < 1.29 is 14.5 Å². The van der Waals surface area contributed by atoms with Crippen LogP contribution < -0.4 is 10.2 Å². The minimum atomic E-state index is -0.497. The van der Waals surface area contributed by atoms with Crippen LogP contribution in [0.3, 0.4) is 0 Å². The van der Waals surface area contributed by atoms with Crippen molar-refractivity contribution in [1.82, 2.24) is 0 Å². The highest BCUT2D eigenvalue weighted by Crippen LogP contribution is 2.28. The topological polar surface area (TPSA) is 92.6 Å². The smallest absolute Gasteiger partial charge is 0.269 e. The Kier molecular flexibility index (Phi) is 4.71. The molecule has 2 amide bonds. The number of nitrogens with one attached hydrogen (secondary N) is 1. The Morgan fingerprint density at radius 3 is 2.35 bits per heavy atom. The molecule has 0 radical (unpaired) electrons. The number of anilines is 2. The fourth-order valence-electron chi connectivity index (χ4n) is 3.15. The second-order valence-corrected chi connectivity index (χ2v) is 6.54. The first-order valence-corrected chi connectivity index (χ1v) is 8.27. The summed E-state index contributed by atoms with van der Waals surface area (Å²) in [6.07, 6.45) is 0.145. The predicted molar refractivity (Wildman–Crippen MR) is 98.1 cm³/mol. The number of benzene rings is 2. The van der Waals surface area contributed by atoms with Crippen LogP contribution in [0.15, 0.2) is 42.5 Å². The van der Waals surface area contributed by atoms with E-state index in [9.17, 15) is 19.7 Å². The van der Waals surface area contributed by atoms with Crippen molar-refractivity contribution in [2.75, 3.05) is 16.8 Å². The van der Waals surface area contributed by atoms with Gasteiger partial charge < -0.3 is 10.2 Å². The number of rotatable bonds is 4. The molecule has 2 aromatic carbocycles. The molecule has 0 saturated carbocycles. The summed E-state index contributed by atoms with van der Waals surface area (Å²) < 4.78 is 0. The van der Waals surface area contributed by atoms with Gasteiger partial charge in [0.25, 0.3) is 5.69 Å². The number of nitrogens with zero attached hydrogens (tertiary/aromatic N) is 2. The van der Waals surface area contributed by atoms with Gasteiger partial charge in [0.1, 0.15) is 0 Å². The van der Waals surface area contributed by atoms with Crippen LogP contribution in [0.2, 0.25) is 0 Å². The summed E-state index contributed by atoms with van der Waals surface area (Å²) in [6, 6.07) is 11.5. The third-order valence-corrected chi connectivity index (χ3v) is 4.36. The van der Waals surface area contributed by atoms with Crippen LogP contribution in [0.5, 0.6) is 0 Å². The van der Waals surface area contributed by atoms with Gasteiger partial charge >= 0.3 is 0 Å². The zero-order chi connectivity index (χ0) is 18.8. The van der Waals surface area contributed by atoms with Crippen molar-refractivity contribution in [2.24, 2.45) is 5.92 Å². The normalized spacial score (nSPS) is 16.6. The Morgan fingerprint density at radius 1 is 1.15 bits per heavy atom. The first-order valence-electron chi connectivity index (χ1n) is 8.27. The van der Waals surface area contributed by atoms with Crippen LogP contribution in [-0.2, 0) is 9.59 Å². The van der Waals surface area contributed by atoms with Gasteiger partial charge in [-0.3, -0.25) is 19.7 Å². The number of hydrogen-bond donors (Lipinski definition) is 1. The fraction of sp³-hybridized carbons (Fsp3) is 0.263. The summed E-state index contributed by atoms with van der Waals surface area (Å²) in [4.78, 5) is 36.6. The number of carbonyl (C=O) groups is 2. The number of carbonyl (C=O) groups excluding carboxylic acids is 2. The van der Waals surface area contributed by atoms with E-state index in [1.165, 1.54) is 24.3 Å². The number of nitro benzene ring substituents is 1. The summed E-state index contributed by atoms with van der Waals surface area (Å²) in [5, 5.41) is 13.4. The summed E-state index contributed by atoms with van der Waals surface area (Å²) in [7, 11) is 0. The van der Waals surface area contributed by atoms with Crippen molar-refractivity contribution in [1.29, 1.82) is 0 Å². The molecule has 7 nitrogen and oxygen atoms in total. The molecular formula is C19H19N3O4. The minimum Gasteiger partial charge on any atom is -0.326 e. The molecule has 26 heavy (non-hydrogen) atoms. The molecule has 1 heterocycles. The molecule has 1 aliphatic heterocycles. The summed E-state index contributed by atoms with van der Waals surface area (Å²) >= 11 is 0. The Bertz CT molecular complexity index is 857. The lowest BCUT2D eigenvalue weighted by Gasteiger charge is -2.18. The third kappa shape index (κ3) is 3.72. The lowest BCUT2D eigenvalue weighted by molar-refractivity contribution is -0.384. The van der Waals surface area contributed by atoms with Gasteiger partial charge in [0, 0.05) is 36.5 Å². The van der Waals surface area contributed by atoms with E-state index in [1.807, 2.05) is 32.0 Å². The van der Waals surface area contributed by atoms with E-state index in [2.05, 4.69) is 5.32 Å². The molecule has 0 unspecified atom stereocenters. The molecule has 3 rings (SSSR count). The van der Waals surface area contributed by atoms with E-state index < -0.39 is 10.8 Å². The number of hydrogen-bond acceptors (Lipinski definition) is 4. The molecule has 1 N–H and O–H groups in total. The van der Waals surface area contributed by atoms with Gasteiger partial charge in [-0.1, -0.05) is 6.07 Å². The van der Waals surface area contributed by atoms with Crippen LogP contribution in [0.4, 0.5) is 17.1 Å². The number of amides is 2. The first kappa shape index (κ1) is 17.6. The number of aryl methyl sites for hydroxylation is 2. The Morgan fingerprint density at radius 2 is 1.77 bits per heavy atom. The zero-order valence-electron chi connectivity index (χ0n) is 14.6. The summed E-state index contributed by atoms with van der Waals surface area (Å²) in [5.41, 5.74) is 3.36. The molecule has 134 valence electrons. The van der Waals surface area contributed by atoms with E-state index in [4.69, 9.17) is 0 Å². The quantitative estimate of drug-likeness (QED) is 0.675. The largest absolute Gasteiger partial charge is 0.326 e. The lowest BCUT2D eigenvalue weighted by Crippen LogP contribution is -2.28. The summed E-state index contributed by atoms with van der Waals surface area (Å²) in [5.74, 6) is -0.809. The number of non-ortho nitro benzene ring substituents is 1. The van der Waals surface area contributed by atoms with E-state index in [0.29, 0.717) is 12.2 Å². The molecule has 1 atom stereocenters. The molecule has 0 bridgehead atoms. The molecule has 0 aromatic heterocycles. The molecule has 0 aliphatic carbocycles. The van der Waals surface area contributed by atoms with Gasteiger partial charge in [-0.15, -0.1) is 0 Å². The average molecular weight is 353 g/mol. The van der Waals surface area contributed by atoms with Crippen LogP contribution in [-0.4, -0.2) is 23.3 Å². The van der Waals surface area contributed by atoms with E-state index in [1.54, 1.807) is 4.90 Å². The van der Waals surface area contributed by atoms with Gasteiger partial charge in [0.15, 0.2) is 0 Å². The monoisotopic (exact) mass is 353 g/mol. The maximum absolute atomic E-state index is 12.5. The van der Waals surface area contributed by atoms with Crippen molar-refractivity contribution >= 4 is 28.9 Å². The van der Waals surface area contributed by atoms with Gasteiger partial charge in [-0.05, 0) is 49.2 Å². The minimum absolute atomic E-state index is 0.0416. The SMILES string of the molecule is Cc1cc(C)cc(N2C[C@@H](C(=O)Nc3ccc([N+](=O)[O-])cc3)CC2=O)c1. The molecule has 1 aliphatic rings. The van der Waals surface area contributed by atoms with Crippen molar-refractivity contribution in [3.63, 3.8) is 0 Å². The molecule has 7 heteroatoms. The second-order valence-electron chi connectivity index (χ2n) is 6.54. The lowest BCUT2D eigenvalue weighted by atomic mass is 10.1. The van der Waals surface area contributed by atoms with Gasteiger partial charge in [0.05, 0.1) is 10.8 Å². The standard InChI is InChI=1S/C19H19N3O4/c1-12-7-13(2)9-17(8-12)21-11-14(10-18(21)23)19(24)20-15-3-5-16(6-4-15)22(25)26/h3-9,14H,10-11H2,1-2H3,(H,20,24)/t14-/m0/s1. The highest BCUT2D eigenvalue weighted by Gasteiger charge is 2.35. The predicted octanol–water partition coefficient (Wildman–Crippen LogP) is 3.20. The van der Waals surface area contributed by atoms with Crippen LogP contribution in [0, 0.1) is 29.9 Å². The average Bonchev–Trinajstić information content (AvgIpc) is 2.96. The molecular weight excluding hydrogens is 334 g/mol. The maximum Gasteiger partial charge on any atom is 0.269 e. The Hall–Kier alpha value is -3.22. The van der Waals surface area contributed by atoms with Gasteiger partial charge in [0.2, 0.25) is 11.8 Å². The van der Waals surface area contributed by atoms with Gasteiger partial charge in [-0.2, -0.15) is 0 Å². The highest BCUT2D eigenvalue weighted by atomic mass is 16.6. The van der Waals surface area contributed by atoms with Crippen molar-refractivity contribution in [3.05, 3.63) is 63.7 Å². The Balaban J connectivity index is 1.69. The highest BCUT2D eigenvalue weighted by molar-refractivity contribution is 6.03. The molecule has 2 aromatic rings. The number of nitro groups is 1. The molecule has 0 spiro atoms. The second kappa shape index (κ2) is 6.95. The van der Waals surface area contributed by atoms with Crippen LogP contribution >= 0.6 is 0 Å². The first-order chi connectivity index (χ1) is 12.3. The third-order valence-electron chi connectivity index (χ3n) is 4.36. The van der Waals surface area contributed by atoms with Crippen LogP contribution in [0.1, 0.15) is 17.5 Å². The zero-order valence-corrected chi connectivity index (χ0v) is 14.6. The summed E-state index contributed by atoms with van der Waals surface area (Å²) in [6.45, 7) is 4.26. The van der Waals surface area contributed by atoms with Crippen LogP contribution in [0.25, 0.3) is 0 Å². The van der Waals surface area contributed by atoms with E-state index in [0.717, 1.165) is 16.8 Å².